The van der Waals surface area contributed by atoms with Crippen LogP contribution in [0.2, 0.25) is 4.34 Å². The fraction of sp³-hybridized carbons (Fsp3) is 0.452. The van der Waals surface area contributed by atoms with Crippen LogP contribution in [0.25, 0.3) is 5.69 Å². The summed E-state index contributed by atoms with van der Waals surface area (Å²) in [6, 6.07) is 12.3. The number of carbonyl (C=O) groups excluding carboxylic acids is 2. The Hall–Kier alpha value is -3.22. The van der Waals surface area contributed by atoms with Gasteiger partial charge in [-0.05, 0) is 67.9 Å². The van der Waals surface area contributed by atoms with E-state index < -0.39 is 12.2 Å². The topological polar surface area (TPSA) is 99.5 Å². The third-order valence-corrected chi connectivity index (χ3v) is 8.81. The highest BCUT2D eigenvalue weighted by Gasteiger charge is 2.33. The molecular formula is C31H36ClN3O7S. The summed E-state index contributed by atoms with van der Waals surface area (Å²) in [4.78, 5) is 42.8. The van der Waals surface area contributed by atoms with E-state index in [1.54, 1.807) is 46.0 Å². The van der Waals surface area contributed by atoms with Crippen molar-refractivity contribution in [3.8, 4) is 11.4 Å². The van der Waals surface area contributed by atoms with E-state index >= 15 is 0 Å². The minimum Gasteiger partial charge on any atom is -0.487 e. The number of aryl methyl sites for hydroxylation is 1. The van der Waals surface area contributed by atoms with E-state index in [9.17, 15) is 14.4 Å². The van der Waals surface area contributed by atoms with Crippen LogP contribution < -0.4 is 15.2 Å². The number of amides is 1. The number of ketones is 1. The Labute approximate surface area is 259 Å². The maximum Gasteiger partial charge on any atom is 0.414 e. The van der Waals surface area contributed by atoms with Crippen LogP contribution in [0, 0.1) is 6.92 Å². The number of rotatable bonds is 13. The number of cyclic esters (lactones) is 1. The van der Waals surface area contributed by atoms with Gasteiger partial charge in [-0.25, -0.2) is 4.79 Å². The molecule has 0 bridgehead atoms. The number of pyridine rings is 1. The molecule has 12 heteroatoms. The Kier molecular flexibility index (Phi) is 10.5. The summed E-state index contributed by atoms with van der Waals surface area (Å²) in [5.74, 6) is 0.250. The van der Waals surface area contributed by atoms with Crippen molar-refractivity contribution < 1.29 is 28.5 Å². The van der Waals surface area contributed by atoms with E-state index in [4.69, 9.17) is 30.5 Å². The maximum absolute atomic E-state index is 13.3. The number of likely N-dealkylation sites (N-methyl/N-ethyl adjacent to an activating group) is 1. The van der Waals surface area contributed by atoms with E-state index in [-0.39, 0.29) is 29.6 Å². The summed E-state index contributed by atoms with van der Waals surface area (Å²) in [5.41, 5.74) is 1.90. The first-order valence-electron chi connectivity index (χ1n) is 14.5. The molecule has 4 heterocycles. The summed E-state index contributed by atoms with van der Waals surface area (Å²) in [6.45, 7) is 8.75. The van der Waals surface area contributed by atoms with Crippen LogP contribution in [-0.4, -0.2) is 86.2 Å². The van der Waals surface area contributed by atoms with Gasteiger partial charge in [-0.3, -0.25) is 24.0 Å². The molecule has 0 N–H and O–H groups in total. The molecule has 0 spiro atoms. The molecule has 2 aromatic heterocycles. The number of carbonyl (C=O) groups is 2. The largest absolute Gasteiger partial charge is 0.487 e. The van der Waals surface area contributed by atoms with Crippen LogP contribution in [0.3, 0.4) is 0 Å². The quantitative estimate of drug-likeness (QED) is 0.245. The molecule has 0 radical (unpaired) electrons. The van der Waals surface area contributed by atoms with Gasteiger partial charge in [0.05, 0.1) is 47.4 Å². The number of hydrogen-bond donors (Lipinski definition) is 0. The Balaban J connectivity index is 1.18. The van der Waals surface area contributed by atoms with Crippen molar-refractivity contribution >= 4 is 40.5 Å². The van der Waals surface area contributed by atoms with E-state index in [0.29, 0.717) is 66.5 Å². The average Bonchev–Trinajstić information content (AvgIpc) is 3.62. The number of hydrogen-bond acceptors (Lipinski definition) is 9. The molecule has 0 saturated carbocycles. The SMILES string of the molecule is CCN(CCOc1cccn(-c2ccc(N3C[C@H](CCC(=O)c4ccc(Cl)s4)OC3=O)cc2C)c1=O)CC1COCCO1. The molecule has 2 fully saturated rings. The van der Waals surface area contributed by atoms with Gasteiger partial charge in [0.25, 0.3) is 5.56 Å². The van der Waals surface area contributed by atoms with Gasteiger partial charge in [-0.2, -0.15) is 0 Å². The summed E-state index contributed by atoms with van der Waals surface area (Å²) < 4.78 is 24.8. The van der Waals surface area contributed by atoms with Crippen molar-refractivity contribution in [2.24, 2.45) is 0 Å². The molecule has 2 saturated heterocycles. The number of nitrogens with zero attached hydrogens (tertiary/aromatic N) is 3. The second-order valence-electron chi connectivity index (χ2n) is 10.5. The van der Waals surface area contributed by atoms with Gasteiger partial charge in [0.15, 0.2) is 11.5 Å². The zero-order valence-corrected chi connectivity index (χ0v) is 25.9. The molecular weight excluding hydrogens is 594 g/mol. The van der Waals surface area contributed by atoms with Gasteiger partial charge in [-0.1, -0.05) is 18.5 Å². The zero-order valence-electron chi connectivity index (χ0n) is 24.3. The van der Waals surface area contributed by atoms with Crippen LogP contribution in [0.1, 0.15) is 35.0 Å². The molecule has 5 rings (SSSR count). The number of anilines is 1. The average molecular weight is 630 g/mol. The molecule has 2 aliphatic heterocycles. The number of thiophene rings is 1. The summed E-state index contributed by atoms with van der Waals surface area (Å²) >= 11 is 7.18. The lowest BCUT2D eigenvalue weighted by Gasteiger charge is -2.29. The fourth-order valence-corrected chi connectivity index (χ4v) is 6.22. The molecule has 1 unspecified atom stereocenters. The predicted molar refractivity (Wildman–Crippen MR) is 165 cm³/mol. The van der Waals surface area contributed by atoms with Crippen molar-refractivity contribution in [1.82, 2.24) is 9.47 Å². The highest BCUT2D eigenvalue weighted by molar-refractivity contribution is 7.18. The number of ether oxygens (including phenoxy) is 4. The Morgan fingerprint density at radius 2 is 2.02 bits per heavy atom. The molecule has 2 aliphatic rings. The molecule has 2 atom stereocenters. The van der Waals surface area contributed by atoms with Crippen molar-refractivity contribution in [3.63, 3.8) is 0 Å². The standard InChI is InChI=1S/C31H36ClN3O7S/c1-3-33(18-24-20-39-15-16-40-24)13-14-41-27-5-4-12-34(30(27)37)25-8-6-22(17-21(25)2)35-19-23(42-31(35)38)7-9-26(36)28-10-11-29(32)43-28/h4-6,8,10-12,17,23-24H,3,7,9,13-16,18-20H2,1-2H3/t23-,24?/m0/s1. The van der Waals surface area contributed by atoms with Gasteiger partial charge in [0.1, 0.15) is 12.7 Å². The van der Waals surface area contributed by atoms with Crippen molar-refractivity contribution in [1.29, 1.82) is 0 Å². The molecule has 1 amide bonds. The second kappa shape index (κ2) is 14.5. The van der Waals surface area contributed by atoms with Gasteiger partial charge >= 0.3 is 6.09 Å². The van der Waals surface area contributed by atoms with E-state index in [2.05, 4.69) is 11.8 Å². The molecule has 230 valence electrons. The van der Waals surface area contributed by atoms with Gasteiger partial charge in [0, 0.05) is 31.4 Å². The minimum atomic E-state index is -0.458. The van der Waals surface area contributed by atoms with Crippen molar-refractivity contribution in [3.05, 3.63) is 73.8 Å². The third kappa shape index (κ3) is 7.84. The van der Waals surface area contributed by atoms with Crippen molar-refractivity contribution in [2.45, 2.75) is 38.9 Å². The van der Waals surface area contributed by atoms with Crippen LogP contribution >= 0.6 is 22.9 Å². The monoisotopic (exact) mass is 629 g/mol. The zero-order chi connectivity index (χ0) is 30.3. The Morgan fingerprint density at radius 3 is 2.74 bits per heavy atom. The second-order valence-corrected chi connectivity index (χ2v) is 12.2. The van der Waals surface area contributed by atoms with E-state index in [1.165, 1.54) is 11.3 Å². The van der Waals surface area contributed by atoms with Crippen LogP contribution in [0.5, 0.6) is 5.75 Å². The van der Waals surface area contributed by atoms with Crippen LogP contribution in [-0.2, 0) is 14.2 Å². The van der Waals surface area contributed by atoms with Crippen LogP contribution in [0.4, 0.5) is 10.5 Å². The molecule has 3 aromatic rings. The number of halogens is 1. The van der Waals surface area contributed by atoms with Crippen molar-refractivity contribution in [2.75, 3.05) is 57.5 Å². The Bertz CT molecular complexity index is 1490. The molecule has 0 aliphatic carbocycles. The fourth-order valence-electron chi connectivity index (χ4n) is 5.21. The summed E-state index contributed by atoms with van der Waals surface area (Å²) in [6.07, 6.45) is 1.59. The third-order valence-electron chi connectivity index (χ3n) is 7.54. The maximum atomic E-state index is 13.3. The number of aromatic nitrogens is 1. The molecule has 1 aromatic carbocycles. The highest BCUT2D eigenvalue weighted by atomic mass is 35.5. The predicted octanol–water partition coefficient (Wildman–Crippen LogP) is 4.97. The van der Waals surface area contributed by atoms with Gasteiger partial charge in [0.2, 0.25) is 0 Å². The number of benzene rings is 1. The first-order chi connectivity index (χ1) is 20.8. The van der Waals surface area contributed by atoms with Gasteiger partial charge in [-0.15, -0.1) is 11.3 Å². The number of Topliss-reactive ketones (excluding diaryl/α,β-unsaturated/α-hetero) is 1. The minimum absolute atomic E-state index is 0.0184. The smallest absolute Gasteiger partial charge is 0.414 e. The molecule has 10 nitrogen and oxygen atoms in total. The Morgan fingerprint density at radius 1 is 1.16 bits per heavy atom. The molecule has 43 heavy (non-hydrogen) atoms. The lowest BCUT2D eigenvalue weighted by Crippen LogP contribution is -2.41. The van der Waals surface area contributed by atoms with Crippen LogP contribution in [0.15, 0.2) is 53.5 Å². The van der Waals surface area contributed by atoms with E-state index in [0.717, 1.165) is 18.7 Å². The highest BCUT2D eigenvalue weighted by Crippen LogP contribution is 2.28. The first kappa shape index (κ1) is 31.2. The van der Waals surface area contributed by atoms with E-state index in [1.807, 2.05) is 19.1 Å². The normalized spacial score (nSPS) is 18.7. The summed E-state index contributed by atoms with van der Waals surface area (Å²) in [7, 11) is 0. The summed E-state index contributed by atoms with van der Waals surface area (Å²) in [5, 5.41) is 0. The first-order valence-corrected chi connectivity index (χ1v) is 15.7. The van der Waals surface area contributed by atoms with Gasteiger partial charge < -0.3 is 18.9 Å². The lowest BCUT2D eigenvalue weighted by atomic mass is 10.1. The lowest BCUT2D eigenvalue weighted by molar-refractivity contribution is -0.0976.